The number of thiocarbonyl (C=S) groups is 1. The summed E-state index contributed by atoms with van der Waals surface area (Å²) >= 11 is 4.95. The summed E-state index contributed by atoms with van der Waals surface area (Å²) in [5, 5.41) is 0. The van der Waals surface area contributed by atoms with Gasteiger partial charge in [0.05, 0.1) is 0 Å². The van der Waals surface area contributed by atoms with Crippen molar-refractivity contribution in [2.24, 2.45) is 11.1 Å². The minimum atomic E-state index is 0.270. The predicted octanol–water partition coefficient (Wildman–Crippen LogP) is 3.06. The standard InChI is InChI=1S/C14H20N2OS/c1-14(2)6-3-11(4-7-14)17-12-9-10(13(15)18)5-8-16-12/h5,8-9,11H,3-4,6-7H2,1-2H3,(H2,15,18). The second kappa shape index (κ2) is 5.22. The monoisotopic (exact) mass is 264 g/mol. The molecule has 0 bridgehead atoms. The van der Waals surface area contributed by atoms with Gasteiger partial charge >= 0.3 is 0 Å². The van der Waals surface area contributed by atoms with Crippen LogP contribution in [-0.4, -0.2) is 16.1 Å². The number of rotatable bonds is 3. The van der Waals surface area contributed by atoms with Crippen molar-refractivity contribution in [2.45, 2.75) is 45.6 Å². The maximum absolute atomic E-state index is 5.91. The van der Waals surface area contributed by atoms with E-state index in [0.29, 0.717) is 16.3 Å². The first-order valence-corrected chi connectivity index (χ1v) is 6.80. The third-order valence-electron chi connectivity index (χ3n) is 3.59. The summed E-state index contributed by atoms with van der Waals surface area (Å²) in [5.41, 5.74) is 6.86. The number of aromatic nitrogens is 1. The Morgan fingerprint density at radius 3 is 2.72 bits per heavy atom. The summed E-state index contributed by atoms with van der Waals surface area (Å²) in [5.74, 6) is 0.630. The average molecular weight is 264 g/mol. The molecule has 0 aliphatic heterocycles. The third-order valence-corrected chi connectivity index (χ3v) is 3.83. The molecule has 0 radical (unpaired) electrons. The van der Waals surface area contributed by atoms with E-state index in [2.05, 4.69) is 18.8 Å². The Hall–Kier alpha value is -1.16. The molecular weight excluding hydrogens is 244 g/mol. The number of ether oxygens (including phenoxy) is 1. The van der Waals surface area contributed by atoms with E-state index in [1.54, 1.807) is 12.3 Å². The van der Waals surface area contributed by atoms with Gasteiger partial charge in [0.2, 0.25) is 5.88 Å². The Bertz CT molecular complexity index is 435. The maximum atomic E-state index is 5.91. The van der Waals surface area contributed by atoms with E-state index in [0.717, 1.165) is 18.4 Å². The molecule has 98 valence electrons. The smallest absolute Gasteiger partial charge is 0.214 e. The molecule has 1 heterocycles. The van der Waals surface area contributed by atoms with Gasteiger partial charge in [-0.1, -0.05) is 26.1 Å². The van der Waals surface area contributed by atoms with Gasteiger partial charge in [-0.25, -0.2) is 4.98 Å². The first-order chi connectivity index (χ1) is 8.46. The van der Waals surface area contributed by atoms with Gasteiger partial charge in [-0.2, -0.15) is 0 Å². The SMILES string of the molecule is CC1(C)CCC(Oc2cc(C(N)=S)ccn2)CC1. The lowest BCUT2D eigenvalue weighted by Crippen LogP contribution is -2.28. The second-order valence-electron chi connectivity index (χ2n) is 5.73. The van der Waals surface area contributed by atoms with Crippen LogP contribution in [0.5, 0.6) is 5.88 Å². The van der Waals surface area contributed by atoms with Crippen molar-refractivity contribution in [3.05, 3.63) is 23.9 Å². The van der Waals surface area contributed by atoms with Crippen LogP contribution in [0.3, 0.4) is 0 Å². The number of hydrogen-bond acceptors (Lipinski definition) is 3. The molecule has 3 nitrogen and oxygen atoms in total. The molecule has 0 unspecified atom stereocenters. The van der Waals surface area contributed by atoms with E-state index >= 15 is 0 Å². The fourth-order valence-corrected chi connectivity index (χ4v) is 2.42. The van der Waals surface area contributed by atoms with E-state index in [-0.39, 0.29) is 6.10 Å². The lowest BCUT2D eigenvalue weighted by molar-refractivity contribution is 0.0949. The van der Waals surface area contributed by atoms with E-state index in [4.69, 9.17) is 22.7 Å². The van der Waals surface area contributed by atoms with Crippen LogP contribution in [0.25, 0.3) is 0 Å². The molecule has 18 heavy (non-hydrogen) atoms. The van der Waals surface area contributed by atoms with Crippen molar-refractivity contribution in [3.8, 4) is 5.88 Å². The molecule has 0 amide bonds. The van der Waals surface area contributed by atoms with E-state index in [1.807, 2.05) is 6.07 Å². The van der Waals surface area contributed by atoms with E-state index in [9.17, 15) is 0 Å². The minimum absolute atomic E-state index is 0.270. The Morgan fingerprint density at radius 1 is 1.44 bits per heavy atom. The predicted molar refractivity (Wildman–Crippen MR) is 76.8 cm³/mol. The van der Waals surface area contributed by atoms with Crippen molar-refractivity contribution < 1.29 is 4.74 Å². The van der Waals surface area contributed by atoms with E-state index < -0.39 is 0 Å². The van der Waals surface area contributed by atoms with Crippen molar-refractivity contribution in [1.82, 2.24) is 4.98 Å². The van der Waals surface area contributed by atoms with Crippen LogP contribution in [0.1, 0.15) is 45.1 Å². The molecule has 0 atom stereocenters. The Kier molecular flexibility index (Phi) is 3.85. The Morgan fingerprint density at radius 2 is 2.11 bits per heavy atom. The first-order valence-electron chi connectivity index (χ1n) is 6.39. The second-order valence-corrected chi connectivity index (χ2v) is 6.17. The van der Waals surface area contributed by atoms with Gasteiger partial charge in [0.15, 0.2) is 0 Å². The number of nitrogens with two attached hydrogens (primary N) is 1. The normalized spacial score (nSPS) is 19.4. The van der Waals surface area contributed by atoms with E-state index in [1.165, 1.54) is 12.8 Å². The molecule has 0 aromatic carbocycles. The Labute approximate surface area is 114 Å². The average Bonchev–Trinajstić information content (AvgIpc) is 2.32. The third kappa shape index (κ3) is 3.42. The van der Waals surface area contributed by atoms with Crippen LogP contribution in [-0.2, 0) is 0 Å². The fraction of sp³-hybridized carbons (Fsp3) is 0.571. The van der Waals surface area contributed by atoms with Crippen LogP contribution < -0.4 is 10.5 Å². The fourth-order valence-electron chi connectivity index (χ4n) is 2.29. The van der Waals surface area contributed by atoms with Crippen LogP contribution in [0, 0.1) is 5.41 Å². The summed E-state index contributed by atoms with van der Waals surface area (Å²) < 4.78 is 5.91. The molecule has 4 heteroatoms. The zero-order chi connectivity index (χ0) is 13.2. The largest absolute Gasteiger partial charge is 0.474 e. The van der Waals surface area contributed by atoms with Crippen LogP contribution >= 0.6 is 12.2 Å². The molecule has 0 saturated heterocycles. The minimum Gasteiger partial charge on any atom is -0.474 e. The molecular formula is C14H20N2OS. The van der Waals surface area contributed by atoms with Crippen molar-refractivity contribution in [3.63, 3.8) is 0 Å². The van der Waals surface area contributed by atoms with Gasteiger partial charge < -0.3 is 10.5 Å². The molecule has 2 N–H and O–H groups in total. The molecule has 0 spiro atoms. The van der Waals surface area contributed by atoms with Gasteiger partial charge in [0.25, 0.3) is 0 Å². The van der Waals surface area contributed by atoms with Gasteiger partial charge in [-0.05, 0) is 37.2 Å². The highest BCUT2D eigenvalue weighted by atomic mass is 32.1. The van der Waals surface area contributed by atoms with Crippen molar-refractivity contribution >= 4 is 17.2 Å². The Balaban J connectivity index is 1.98. The number of pyridine rings is 1. The van der Waals surface area contributed by atoms with Gasteiger partial charge in [0, 0.05) is 17.8 Å². The van der Waals surface area contributed by atoms with Crippen LogP contribution in [0.15, 0.2) is 18.3 Å². The van der Waals surface area contributed by atoms with Crippen LogP contribution in [0.2, 0.25) is 0 Å². The zero-order valence-electron chi connectivity index (χ0n) is 11.0. The van der Waals surface area contributed by atoms with Gasteiger partial charge in [0.1, 0.15) is 11.1 Å². The summed E-state index contributed by atoms with van der Waals surface area (Å²) in [6, 6.07) is 3.63. The number of nitrogens with zero attached hydrogens (tertiary/aromatic N) is 1. The highest BCUT2D eigenvalue weighted by Gasteiger charge is 2.27. The molecule has 1 aliphatic carbocycles. The summed E-state index contributed by atoms with van der Waals surface area (Å²) in [6.45, 7) is 4.63. The van der Waals surface area contributed by atoms with Crippen molar-refractivity contribution in [1.29, 1.82) is 0 Å². The lowest BCUT2D eigenvalue weighted by Gasteiger charge is -2.34. The molecule has 1 aromatic heterocycles. The molecule has 2 rings (SSSR count). The molecule has 1 aliphatic rings. The van der Waals surface area contributed by atoms with Gasteiger partial charge in [-0.3, -0.25) is 0 Å². The van der Waals surface area contributed by atoms with Gasteiger partial charge in [-0.15, -0.1) is 0 Å². The molecule has 1 fully saturated rings. The topological polar surface area (TPSA) is 48.1 Å². The zero-order valence-corrected chi connectivity index (χ0v) is 11.8. The first kappa shape index (κ1) is 13.3. The maximum Gasteiger partial charge on any atom is 0.214 e. The number of hydrogen-bond donors (Lipinski definition) is 1. The summed E-state index contributed by atoms with van der Waals surface area (Å²) in [4.78, 5) is 4.60. The summed E-state index contributed by atoms with van der Waals surface area (Å²) in [7, 11) is 0. The molecule has 1 saturated carbocycles. The van der Waals surface area contributed by atoms with Crippen LogP contribution in [0.4, 0.5) is 0 Å². The highest BCUT2D eigenvalue weighted by Crippen LogP contribution is 2.36. The highest BCUT2D eigenvalue weighted by molar-refractivity contribution is 7.80. The van der Waals surface area contributed by atoms with Crippen molar-refractivity contribution in [2.75, 3.05) is 0 Å². The molecule has 1 aromatic rings. The lowest BCUT2D eigenvalue weighted by atomic mass is 9.76. The summed E-state index contributed by atoms with van der Waals surface area (Å²) in [6.07, 6.45) is 6.54. The quantitative estimate of drug-likeness (QED) is 0.852.